The van der Waals surface area contributed by atoms with Crippen LogP contribution in [0.15, 0.2) is 6.07 Å². The first kappa shape index (κ1) is 16.0. The van der Waals surface area contributed by atoms with Gasteiger partial charge in [0.05, 0.1) is 5.54 Å². The molecule has 0 radical (unpaired) electrons. The molecule has 2 rings (SSSR count). The van der Waals surface area contributed by atoms with Gasteiger partial charge in [0, 0.05) is 31.2 Å². The predicted octanol–water partition coefficient (Wildman–Crippen LogP) is 1.32. The largest absolute Gasteiger partial charge is 0.350 e. The van der Waals surface area contributed by atoms with Crippen molar-refractivity contribution in [3.8, 4) is 0 Å². The zero-order valence-corrected chi connectivity index (χ0v) is 12.8. The molecule has 2 N–H and O–H groups in total. The van der Waals surface area contributed by atoms with Crippen molar-refractivity contribution in [1.29, 1.82) is 0 Å². The maximum Gasteiger partial charge on any atom is 0.271 e. The molecule has 1 fully saturated rings. The Balaban J connectivity index is 0.00000180. The van der Waals surface area contributed by atoms with Crippen LogP contribution < -0.4 is 10.6 Å². The lowest BCUT2D eigenvalue weighted by atomic mass is 10.0. The second-order valence-corrected chi connectivity index (χ2v) is 5.99. The monoisotopic (exact) mass is 286 g/mol. The number of aryl methyl sites for hydroxylation is 1. The van der Waals surface area contributed by atoms with Crippen molar-refractivity contribution in [3.05, 3.63) is 17.5 Å². The summed E-state index contributed by atoms with van der Waals surface area (Å²) in [5.74, 6) is 0.493. The van der Waals surface area contributed by atoms with Crippen molar-refractivity contribution in [2.24, 2.45) is 5.92 Å². The molecule has 1 aliphatic rings. The number of hydrogen-bond acceptors (Lipinski definition) is 3. The smallest absolute Gasteiger partial charge is 0.271 e. The van der Waals surface area contributed by atoms with Gasteiger partial charge in [-0.3, -0.25) is 9.48 Å². The number of rotatable bonds is 3. The van der Waals surface area contributed by atoms with Gasteiger partial charge in [0.2, 0.25) is 0 Å². The average Bonchev–Trinajstić information content (AvgIpc) is 2.57. The fraction of sp³-hybridized carbons (Fsp3) is 0.692. The van der Waals surface area contributed by atoms with Crippen LogP contribution in [0.5, 0.6) is 0 Å². The number of hydrogen-bond donors (Lipinski definition) is 2. The van der Waals surface area contributed by atoms with Crippen molar-refractivity contribution >= 4 is 18.3 Å². The predicted molar refractivity (Wildman–Crippen MR) is 77.9 cm³/mol. The van der Waals surface area contributed by atoms with E-state index in [4.69, 9.17) is 0 Å². The molecule has 0 spiro atoms. The fourth-order valence-corrected chi connectivity index (χ4v) is 2.08. The molecule has 0 saturated carbocycles. The molecule has 0 aromatic carbocycles. The maximum atomic E-state index is 12.0. The topological polar surface area (TPSA) is 59.0 Å². The van der Waals surface area contributed by atoms with E-state index in [1.54, 1.807) is 0 Å². The van der Waals surface area contributed by atoms with E-state index in [0.29, 0.717) is 11.6 Å². The standard InChI is InChI=1S/C13H22N4O.ClH/c1-9-5-11(16-17(9)13(2,3)4)12(18)15-8-10-6-14-7-10;/h5,10,14H,6-8H2,1-4H3,(H,15,18);1H. The minimum atomic E-state index is -0.0967. The molecule has 1 amide bonds. The van der Waals surface area contributed by atoms with Gasteiger partial charge in [-0.2, -0.15) is 5.10 Å². The van der Waals surface area contributed by atoms with Gasteiger partial charge in [-0.25, -0.2) is 0 Å². The van der Waals surface area contributed by atoms with E-state index in [9.17, 15) is 4.79 Å². The summed E-state index contributed by atoms with van der Waals surface area (Å²) < 4.78 is 1.90. The highest BCUT2D eigenvalue weighted by Gasteiger charge is 2.21. The lowest BCUT2D eigenvalue weighted by molar-refractivity contribution is 0.0935. The fourth-order valence-electron chi connectivity index (χ4n) is 2.08. The van der Waals surface area contributed by atoms with Crippen LogP contribution in [0.25, 0.3) is 0 Å². The molecule has 1 saturated heterocycles. The summed E-state index contributed by atoms with van der Waals surface area (Å²) in [6.45, 7) is 10.9. The number of carbonyl (C=O) groups is 1. The summed E-state index contributed by atoms with van der Waals surface area (Å²) in [6.07, 6.45) is 0. The Hall–Kier alpha value is -1.07. The van der Waals surface area contributed by atoms with Crippen molar-refractivity contribution in [2.45, 2.75) is 33.2 Å². The van der Waals surface area contributed by atoms with Crippen LogP contribution in [0.1, 0.15) is 37.0 Å². The Morgan fingerprint density at radius 1 is 1.53 bits per heavy atom. The molecule has 0 aliphatic carbocycles. The molecule has 0 unspecified atom stereocenters. The number of amides is 1. The van der Waals surface area contributed by atoms with Crippen molar-refractivity contribution in [1.82, 2.24) is 20.4 Å². The highest BCUT2D eigenvalue weighted by molar-refractivity contribution is 5.92. The molecule has 5 nitrogen and oxygen atoms in total. The molecule has 1 aromatic rings. The third kappa shape index (κ3) is 3.70. The van der Waals surface area contributed by atoms with Gasteiger partial charge in [-0.05, 0) is 33.8 Å². The first-order chi connectivity index (χ1) is 8.38. The molecular formula is C13H23ClN4O. The number of carbonyl (C=O) groups excluding carboxylic acids is 1. The third-order valence-electron chi connectivity index (χ3n) is 3.17. The summed E-state index contributed by atoms with van der Waals surface area (Å²) in [5, 5.41) is 10.5. The number of halogens is 1. The number of nitrogens with zero attached hydrogens (tertiary/aromatic N) is 2. The summed E-state index contributed by atoms with van der Waals surface area (Å²) >= 11 is 0. The molecule has 2 heterocycles. The highest BCUT2D eigenvalue weighted by atomic mass is 35.5. The Labute approximate surface area is 120 Å². The van der Waals surface area contributed by atoms with E-state index in [1.165, 1.54) is 0 Å². The van der Waals surface area contributed by atoms with Gasteiger partial charge in [0.1, 0.15) is 5.69 Å². The van der Waals surface area contributed by atoms with Crippen LogP contribution >= 0.6 is 12.4 Å². The number of nitrogens with one attached hydrogen (secondary N) is 2. The zero-order valence-electron chi connectivity index (χ0n) is 12.0. The minimum absolute atomic E-state index is 0. The van der Waals surface area contributed by atoms with Gasteiger partial charge in [-0.1, -0.05) is 0 Å². The van der Waals surface area contributed by atoms with Crippen LogP contribution in [-0.4, -0.2) is 35.3 Å². The molecular weight excluding hydrogens is 264 g/mol. The SMILES string of the molecule is Cc1cc(C(=O)NCC2CNC2)nn1C(C)(C)C.Cl. The maximum absolute atomic E-state index is 12.0. The summed E-state index contributed by atoms with van der Waals surface area (Å²) in [5.41, 5.74) is 1.42. The molecule has 1 aliphatic heterocycles. The van der Waals surface area contributed by atoms with E-state index in [0.717, 1.165) is 25.3 Å². The quantitative estimate of drug-likeness (QED) is 0.881. The van der Waals surface area contributed by atoms with E-state index in [-0.39, 0.29) is 23.9 Å². The highest BCUT2D eigenvalue weighted by Crippen LogP contribution is 2.16. The van der Waals surface area contributed by atoms with Crippen LogP contribution in [0, 0.1) is 12.8 Å². The minimum Gasteiger partial charge on any atom is -0.350 e. The van der Waals surface area contributed by atoms with Gasteiger partial charge in [0.15, 0.2) is 0 Å². The number of aromatic nitrogens is 2. The lowest BCUT2D eigenvalue weighted by Crippen LogP contribution is -2.48. The van der Waals surface area contributed by atoms with Crippen LogP contribution in [0.3, 0.4) is 0 Å². The van der Waals surface area contributed by atoms with E-state index >= 15 is 0 Å². The van der Waals surface area contributed by atoms with E-state index in [2.05, 4.69) is 36.5 Å². The van der Waals surface area contributed by atoms with Crippen molar-refractivity contribution < 1.29 is 4.79 Å². The first-order valence-electron chi connectivity index (χ1n) is 6.44. The van der Waals surface area contributed by atoms with E-state index < -0.39 is 0 Å². The second-order valence-electron chi connectivity index (χ2n) is 5.99. The Kier molecular flexibility index (Phi) is 4.98. The molecule has 6 heteroatoms. The zero-order chi connectivity index (χ0) is 13.3. The van der Waals surface area contributed by atoms with Crippen molar-refractivity contribution in [2.75, 3.05) is 19.6 Å². The summed E-state index contributed by atoms with van der Waals surface area (Å²) in [6, 6.07) is 1.85. The second kappa shape index (κ2) is 5.92. The van der Waals surface area contributed by atoms with Gasteiger partial charge >= 0.3 is 0 Å². The van der Waals surface area contributed by atoms with Gasteiger partial charge in [-0.15, -0.1) is 12.4 Å². The Morgan fingerprint density at radius 2 is 2.16 bits per heavy atom. The average molecular weight is 287 g/mol. The van der Waals surface area contributed by atoms with Crippen molar-refractivity contribution in [3.63, 3.8) is 0 Å². The normalized spacial score (nSPS) is 15.6. The molecule has 0 atom stereocenters. The first-order valence-corrected chi connectivity index (χ1v) is 6.44. The van der Waals surface area contributed by atoms with Gasteiger partial charge < -0.3 is 10.6 Å². The Morgan fingerprint density at radius 3 is 2.58 bits per heavy atom. The van der Waals surface area contributed by atoms with Crippen LogP contribution in [0.2, 0.25) is 0 Å². The molecule has 108 valence electrons. The van der Waals surface area contributed by atoms with E-state index in [1.807, 2.05) is 17.7 Å². The lowest BCUT2D eigenvalue weighted by Gasteiger charge is -2.26. The molecule has 0 bridgehead atoms. The van der Waals surface area contributed by atoms with Gasteiger partial charge in [0.25, 0.3) is 5.91 Å². The molecule has 19 heavy (non-hydrogen) atoms. The molecule has 1 aromatic heterocycles. The third-order valence-corrected chi connectivity index (χ3v) is 3.17. The summed E-state index contributed by atoms with van der Waals surface area (Å²) in [7, 11) is 0. The summed E-state index contributed by atoms with van der Waals surface area (Å²) in [4.78, 5) is 12.0. The Bertz CT molecular complexity index is 446. The van der Waals surface area contributed by atoms with Crippen LogP contribution in [-0.2, 0) is 5.54 Å². The van der Waals surface area contributed by atoms with Crippen LogP contribution in [0.4, 0.5) is 0 Å².